The second-order valence-corrected chi connectivity index (χ2v) is 4.97. The van der Waals surface area contributed by atoms with Gasteiger partial charge in [-0.15, -0.1) is 5.10 Å². The van der Waals surface area contributed by atoms with Gasteiger partial charge in [0.15, 0.2) is 12.0 Å². The molecule has 1 heterocycles. The first-order valence-electron chi connectivity index (χ1n) is 6.99. The third-order valence-electron chi connectivity index (χ3n) is 3.36. The van der Waals surface area contributed by atoms with Gasteiger partial charge in [0.05, 0.1) is 11.4 Å². The van der Waals surface area contributed by atoms with E-state index in [1.165, 1.54) is 5.56 Å². The van der Waals surface area contributed by atoms with E-state index in [-0.39, 0.29) is 0 Å². The summed E-state index contributed by atoms with van der Waals surface area (Å²) in [4.78, 5) is 11.2. The van der Waals surface area contributed by atoms with E-state index in [0.717, 1.165) is 17.5 Å². The largest absolute Gasteiger partial charge is 0.296 e. The average Bonchev–Trinajstić information content (AvgIpc) is 2.98. The Kier molecular flexibility index (Phi) is 3.92. The predicted molar refractivity (Wildman–Crippen MR) is 86.9 cm³/mol. The van der Waals surface area contributed by atoms with Crippen molar-refractivity contribution in [2.75, 3.05) is 0 Å². The smallest absolute Gasteiger partial charge is 0.172 e. The molecule has 3 rings (SSSR count). The van der Waals surface area contributed by atoms with Crippen LogP contribution in [0.2, 0.25) is 0 Å². The van der Waals surface area contributed by atoms with E-state index in [2.05, 4.69) is 10.3 Å². The van der Waals surface area contributed by atoms with Crippen molar-refractivity contribution in [3.63, 3.8) is 0 Å². The highest BCUT2D eigenvalue weighted by atomic mass is 16.1. The van der Waals surface area contributed by atoms with Gasteiger partial charge in [-0.05, 0) is 30.7 Å². The van der Waals surface area contributed by atoms with Crippen LogP contribution in [0.3, 0.4) is 0 Å². The number of nitrogens with zero attached hydrogens (tertiary/aromatic N) is 3. The summed E-state index contributed by atoms with van der Waals surface area (Å²) < 4.78 is 1.66. The third-order valence-corrected chi connectivity index (χ3v) is 3.36. The number of benzene rings is 2. The number of aromatic nitrogens is 3. The molecular formula is C18H15N3O. The van der Waals surface area contributed by atoms with Crippen molar-refractivity contribution >= 4 is 18.4 Å². The molecule has 0 saturated carbocycles. The normalized spacial score (nSPS) is 11.0. The maximum atomic E-state index is 11.2. The van der Waals surface area contributed by atoms with Gasteiger partial charge in [0.2, 0.25) is 0 Å². The van der Waals surface area contributed by atoms with Crippen LogP contribution in [0.4, 0.5) is 0 Å². The predicted octanol–water partition coefficient (Wildman–Crippen LogP) is 3.56. The Morgan fingerprint density at radius 1 is 0.955 bits per heavy atom. The van der Waals surface area contributed by atoms with E-state index < -0.39 is 0 Å². The lowest BCUT2D eigenvalue weighted by atomic mass is 10.1. The van der Waals surface area contributed by atoms with Crippen LogP contribution in [0.1, 0.15) is 27.3 Å². The number of hydrogen-bond donors (Lipinski definition) is 0. The molecule has 4 nitrogen and oxygen atoms in total. The minimum atomic E-state index is 0.326. The van der Waals surface area contributed by atoms with Crippen LogP contribution in [0.25, 0.3) is 17.8 Å². The number of aldehydes is 1. The number of para-hydroxylation sites is 1. The van der Waals surface area contributed by atoms with Crippen molar-refractivity contribution in [2.24, 2.45) is 0 Å². The van der Waals surface area contributed by atoms with Crippen LogP contribution in [-0.4, -0.2) is 21.3 Å². The SMILES string of the molecule is Cc1ccc(/C=C/c2c(C=O)nnn2-c2ccccc2)cc1. The van der Waals surface area contributed by atoms with Gasteiger partial charge in [-0.25, -0.2) is 4.68 Å². The van der Waals surface area contributed by atoms with E-state index in [0.29, 0.717) is 11.4 Å². The topological polar surface area (TPSA) is 47.8 Å². The highest BCUT2D eigenvalue weighted by molar-refractivity contribution is 5.81. The quantitative estimate of drug-likeness (QED) is 0.690. The van der Waals surface area contributed by atoms with Crippen LogP contribution in [0, 0.1) is 6.92 Å². The van der Waals surface area contributed by atoms with Gasteiger partial charge in [0.1, 0.15) is 0 Å². The van der Waals surface area contributed by atoms with Crippen LogP contribution in [0.15, 0.2) is 54.6 Å². The van der Waals surface area contributed by atoms with Crippen molar-refractivity contribution in [3.05, 3.63) is 77.1 Å². The average molecular weight is 289 g/mol. The Morgan fingerprint density at radius 2 is 1.68 bits per heavy atom. The fourth-order valence-electron chi connectivity index (χ4n) is 2.15. The van der Waals surface area contributed by atoms with E-state index in [1.807, 2.05) is 73.7 Å². The van der Waals surface area contributed by atoms with Crippen LogP contribution < -0.4 is 0 Å². The molecule has 0 N–H and O–H groups in total. The maximum Gasteiger partial charge on any atom is 0.172 e. The van der Waals surface area contributed by atoms with Crippen molar-refractivity contribution in [1.29, 1.82) is 0 Å². The molecule has 0 aliphatic heterocycles. The van der Waals surface area contributed by atoms with Gasteiger partial charge in [-0.2, -0.15) is 0 Å². The van der Waals surface area contributed by atoms with E-state index in [4.69, 9.17) is 0 Å². The van der Waals surface area contributed by atoms with Crippen molar-refractivity contribution in [1.82, 2.24) is 15.0 Å². The molecule has 0 radical (unpaired) electrons. The number of hydrogen-bond acceptors (Lipinski definition) is 3. The fraction of sp³-hybridized carbons (Fsp3) is 0.0556. The number of carbonyl (C=O) groups is 1. The number of rotatable bonds is 4. The molecule has 0 amide bonds. The van der Waals surface area contributed by atoms with Gasteiger partial charge >= 0.3 is 0 Å². The summed E-state index contributed by atoms with van der Waals surface area (Å²) in [5.41, 5.74) is 4.13. The summed E-state index contributed by atoms with van der Waals surface area (Å²) in [5, 5.41) is 8.00. The van der Waals surface area contributed by atoms with Crippen molar-refractivity contribution in [2.45, 2.75) is 6.92 Å². The molecule has 0 fully saturated rings. The van der Waals surface area contributed by atoms with E-state index in [1.54, 1.807) is 4.68 Å². The first-order chi connectivity index (χ1) is 10.8. The van der Waals surface area contributed by atoms with E-state index >= 15 is 0 Å². The Morgan fingerprint density at radius 3 is 2.36 bits per heavy atom. The Bertz CT molecular complexity index is 802. The van der Waals surface area contributed by atoms with Crippen LogP contribution in [-0.2, 0) is 0 Å². The van der Waals surface area contributed by atoms with Gasteiger partial charge in [-0.3, -0.25) is 4.79 Å². The first-order valence-corrected chi connectivity index (χ1v) is 6.99. The molecule has 1 aromatic heterocycles. The molecule has 0 spiro atoms. The summed E-state index contributed by atoms with van der Waals surface area (Å²) in [6, 6.07) is 17.8. The lowest BCUT2D eigenvalue weighted by Gasteiger charge is -2.03. The van der Waals surface area contributed by atoms with Crippen LogP contribution in [0.5, 0.6) is 0 Å². The minimum absolute atomic E-state index is 0.326. The van der Waals surface area contributed by atoms with Gasteiger partial charge in [0.25, 0.3) is 0 Å². The zero-order valence-electron chi connectivity index (χ0n) is 12.2. The molecule has 0 unspecified atom stereocenters. The number of carbonyl (C=O) groups excluding carboxylic acids is 1. The highest BCUT2D eigenvalue weighted by Gasteiger charge is 2.10. The summed E-state index contributed by atoms with van der Waals surface area (Å²) in [7, 11) is 0. The minimum Gasteiger partial charge on any atom is -0.296 e. The van der Waals surface area contributed by atoms with Gasteiger partial charge < -0.3 is 0 Å². The van der Waals surface area contributed by atoms with Gasteiger partial charge in [-0.1, -0.05) is 59.3 Å². The molecule has 4 heteroatoms. The zero-order chi connectivity index (χ0) is 15.4. The van der Waals surface area contributed by atoms with Crippen molar-refractivity contribution in [3.8, 4) is 5.69 Å². The summed E-state index contributed by atoms with van der Waals surface area (Å²) >= 11 is 0. The molecule has 0 bridgehead atoms. The van der Waals surface area contributed by atoms with Crippen molar-refractivity contribution < 1.29 is 4.79 Å². The second kappa shape index (κ2) is 6.18. The van der Waals surface area contributed by atoms with Crippen LogP contribution >= 0.6 is 0 Å². The Hall–Kier alpha value is -3.01. The first kappa shape index (κ1) is 13.9. The molecular weight excluding hydrogens is 274 g/mol. The molecule has 2 aromatic carbocycles. The fourth-order valence-corrected chi connectivity index (χ4v) is 2.15. The molecule has 0 aliphatic rings. The summed E-state index contributed by atoms with van der Waals surface area (Å²) in [6.07, 6.45) is 4.53. The molecule has 0 atom stereocenters. The molecule has 22 heavy (non-hydrogen) atoms. The Balaban J connectivity index is 2.00. The molecule has 0 saturated heterocycles. The lowest BCUT2D eigenvalue weighted by Crippen LogP contribution is -1.99. The lowest BCUT2D eigenvalue weighted by molar-refractivity contribution is 0.111. The standard InChI is InChI=1S/C18H15N3O/c1-14-7-9-15(10-8-14)11-12-18-17(13-22)19-20-21(18)16-5-3-2-4-6-16/h2-13H,1H3/b12-11+. The Labute approximate surface area is 128 Å². The monoisotopic (exact) mass is 289 g/mol. The number of aryl methyl sites for hydroxylation is 1. The van der Waals surface area contributed by atoms with E-state index in [9.17, 15) is 4.79 Å². The second-order valence-electron chi connectivity index (χ2n) is 4.97. The van der Waals surface area contributed by atoms with Gasteiger partial charge in [0, 0.05) is 0 Å². The molecule has 108 valence electrons. The highest BCUT2D eigenvalue weighted by Crippen LogP contribution is 2.15. The molecule has 0 aliphatic carbocycles. The zero-order valence-corrected chi connectivity index (χ0v) is 12.2. The summed E-state index contributed by atoms with van der Waals surface area (Å²) in [6.45, 7) is 2.05. The maximum absolute atomic E-state index is 11.2. The third kappa shape index (κ3) is 2.86. The molecule has 3 aromatic rings. The summed E-state index contributed by atoms with van der Waals surface area (Å²) in [5.74, 6) is 0.